The molecule has 1 amide bonds. The number of carbonyl (C=O) groups is 1. The molecule has 1 fully saturated rings. The van der Waals surface area contributed by atoms with Crippen molar-refractivity contribution < 1.29 is 13.9 Å². The summed E-state index contributed by atoms with van der Waals surface area (Å²) < 4.78 is 18.0. The molecule has 1 aromatic carbocycles. The fourth-order valence-corrected chi connectivity index (χ4v) is 1.43. The Labute approximate surface area is 98.9 Å². The third-order valence-electron chi connectivity index (χ3n) is 2.62. The van der Waals surface area contributed by atoms with E-state index in [1.165, 1.54) is 25.0 Å². The fourth-order valence-electron chi connectivity index (χ4n) is 1.43. The molecule has 2 rings (SSSR count). The first-order valence-electron chi connectivity index (χ1n) is 5.59. The van der Waals surface area contributed by atoms with Crippen LogP contribution in [-0.2, 0) is 4.79 Å². The van der Waals surface area contributed by atoms with Crippen LogP contribution in [0.2, 0.25) is 0 Å². The van der Waals surface area contributed by atoms with Crippen molar-refractivity contribution in [3.05, 3.63) is 24.0 Å². The number of hydrogen-bond donors (Lipinski definition) is 2. The molecular weight excluding hydrogens is 223 g/mol. The predicted octanol–water partition coefficient (Wildman–Crippen LogP) is 1.31. The van der Waals surface area contributed by atoms with Gasteiger partial charge in [0, 0.05) is 12.6 Å². The van der Waals surface area contributed by atoms with Gasteiger partial charge in [0.1, 0.15) is 11.6 Å². The Morgan fingerprint density at radius 2 is 2.29 bits per heavy atom. The average molecular weight is 238 g/mol. The van der Waals surface area contributed by atoms with Crippen LogP contribution in [-0.4, -0.2) is 19.1 Å². The van der Waals surface area contributed by atoms with E-state index in [2.05, 4.69) is 5.32 Å². The molecule has 0 heterocycles. The van der Waals surface area contributed by atoms with Crippen LogP contribution in [0.4, 0.5) is 10.1 Å². The van der Waals surface area contributed by atoms with Gasteiger partial charge in [-0.3, -0.25) is 4.79 Å². The summed E-state index contributed by atoms with van der Waals surface area (Å²) in [5.41, 5.74) is 5.74. The molecule has 1 aliphatic rings. The molecule has 3 N–H and O–H groups in total. The standard InChI is InChI=1S/C12H15FN2O2/c13-9-3-4-11(10(14)5-9)17-7-12(16)15-6-8-1-2-8/h3-5,8H,1-2,6-7,14H2,(H,15,16). The van der Waals surface area contributed by atoms with Crippen LogP contribution in [0, 0.1) is 11.7 Å². The topological polar surface area (TPSA) is 64.3 Å². The van der Waals surface area contributed by atoms with E-state index in [9.17, 15) is 9.18 Å². The van der Waals surface area contributed by atoms with Crippen LogP contribution in [0.25, 0.3) is 0 Å². The molecule has 4 nitrogen and oxygen atoms in total. The van der Waals surface area contributed by atoms with Crippen LogP contribution >= 0.6 is 0 Å². The summed E-state index contributed by atoms with van der Waals surface area (Å²) in [5, 5.41) is 2.77. The summed E-state index contributed by atoms with van der Waals surface area (Å²) in [6, 6.07) is 3.82. The molecule has 92 valence electrons. The molecule has 17 heavy (non-hydrogen) atoms. The molecule has 0 saturated heterocycles. The van der Waals surface area contributed by atoms with E-state index < -0.39 is 5.82 Å². The van der Waals surface area contributed by atoms with Crippen LogP contribution < -0.4 is 15.8 Å². The molecule has 1 aliphatic carbocycles. The van der Waals surface area contributed by atoms with Gasteiger partial charge < -0.3 is 15.8 Å². The van der Waals surface area contributed by atoms with E-state index in [1.54, 1.807) is 0 Å². The minimum atomic E-state index is -0.423. The molecule has 0 atom stereocenters. The van der Waals surface area contributed by atoms with Gasteiger partial charge in [-0.1, -0.05) is 0 Å². The zero-order valence-electron chi connectivity index (χ0n) is 9.41. The van der Waals surface area contributed by atoms with E-state index in [1.807, 2.05) is 0 Å². The van der Waals surface area contributed by atoms with Crippen LogP contribution in [0.1, 0.15) is 12.8 Å². The van der Waals surface area contributed by atoms with Gasteiger partial charge >= 0.3 is 0 Å². The highest BCUT2D eigenvalue weighted by Gasteiger charge is 2.21. The molecule has 1 aromatic rings. The summed E-state index contributed by atoms with van der Waals surface area (Å²) in [6.45, 7) is 0.615. The summed E-state index contributed by atoms with van der Waals surface area (Å²) >= 11 is 0. The van der Waals surface area contributed by atoms with Gasteiger partial charge in [-0.05, 0) is 30.9 Å². The third-order valence-corrected chi connectivity index (χ3v) is 2.62. The molecular formula is C12H15FN2O2. The second-order valence-electron chi connectivity index (χ2n) is 4.22. The Bertz CT molecular complexity index is 419. The lowest BCUT2D eigenvalue weighted by Crippen LogP contribution is -2.30. The highest BCUT2D eigenvalue weighted by Crippen LogP contribution is 2.27. The molecule has 0 aromatic heterocycles. The molecule has 5 heteroatoms. The SMILES string of the molecule is Nc1cc(F)ccc1OCC(=O)NCC1CC1. The minimum Gasteiger partial charge on any atom is -0.482 e. The molecule has 1 saturated carbocycles. The van der Waals surface area contributed by atoms with Crippen LogP contribution in [0.15, 0.2) is 18.2 Å². The van der Waals surface area contributed by atoms with Crippen LogP contribution in [0.3, 0.4) is 0 Å². The van der Waals surface area contributed by atoms with Gasteiger partial charge in [-0.2, -0.15) is 0 Å². The Hall–Kier alpha value is -1.78. The lowest BCUT2D eigenvalue weighted by atomic mass is 10.3. The van der Waals surface area contributed by atoms with Gasteiger partial charge in [-0.25, -0.2) is 4.39 Å². The van der Waals surface area contributed by atoms with Gasteiger partial charge in [0.25, 0.3) is 5.91 Å². The van der Waals surface area contributed by atoms with Crippen molar-refractivity contribution in [3.63, 3.8) is 0 Å². The van der Waals surface area contributed by atoms with Crippen molar-refractivity contribution in [3.8, 4) is 5.75 Å². The molecule has 0 bridgehead atoms. The maximum Gasteiger partial charge on any atom is 0.257 e. The minimum absolute atomic E-state index is 0.0947. The van der Waals surface area contributed by atoms with Crippen molar-refractivity contribution in [1.82, 2.24) is 5.32 Å². The Kier molecular flexibility index (Phi) is 3.46. The number of nitrogens with two attached hydrogens (primary N) is 1. The second kappa shape index (κ2) is 5.03. The Balaban J connectivity index is 1.77. The number of nitrogen functional groups attached to an aromatic ring is 1. The van der Waals surface area contributed by atoms with Crippen LogP contribution in [0.5, 0.6) is 5.75 Å². The summed E-state index contributed by atoms with van der Waals surface area (Å²) in [7, 11) is 0. The number of halogens is 1. The predicted molar refractivity (Wildman–Crippen MR) is 62.0 cm³/mol. The van der Waals surface area contributed by atoms with Gasteiger partial charge in [0.15, 0.2) is 6.61 Å². The van der Waals surface area contributed by atoms with Crippen molar-refractivity contribution in [2.75, 3.05) is 18.9 Å². The largest absolute Gasteiger partial charge is 0.482 e. The zero-order valence-corrected chi connectivity index (χ0v) is 9.41. The summed E-state index contributed by atoms with van der Waals surface area (Å²) in [5.74, 6) is 0.358. The smallest absolute Gasteiger partial charge is 0.257 e. The number of amides is 1. The highest BCUT2D eigenvalue weighted by atomic mass is 19.1. The number of rotatable bonds is 5. The van der Waals surface area contributed by atoms with Crippen molar-refractivity contribution in [2.24, 2.45) is 5.92 Å². The lowest BCUT2D eigenvalue weighted by molar-refractivity contribution is -0.123. The van der Waals surface area contributed by atoms with Crippen molar-refractivity contribution in [1.29, 1.82) is 0 Å². The lowest BCUT2D eigenvalue weighted by Gasteiger charge is -2.09. The Morgan fingerprint density at radius 1 is 1.53 bits per heavy atom. The first-order chi connectivity index (χ1) is 8.15. The fraction of sp³-hybridized carbons (Fsp3) is 0.417. The van der Waals surface area contributed by atoms with Gasteiger partial charge in [-0.15, -0.1) is 0 Å². The third kappa shape index (κ3) is 3.62. The first-order valence-corrected chi connectivity index (χ1v) is 5.59. The molecule has 0 aliphatic heterocycles. The number of carbonyl (C=O) groups excluding carboxylic acids is 1. The number of benzene rings is 1. The van der Waals surface area contributed by atoms with Crippen molar-refractivity contribution in [2.45, 2.75) is 12.8 Å². The van der Waals surface area contributed by atoms with Gasteiger partial charge in [0.05, 0.1) is 5.69 Å². The summed E-state index contributed by atoms with van der Waals surface area (Å²) in [4.78, 5) is 11.4. The molecule has 0 radical (unpaired) electrons. The molecule has 0 spiro atoms. The zero-order chi connectivity index (χ0) is 12.3. The quantitative estimate of drug-likeness (QED) is 0.760. The summed E-state index contributed by atoms with van der Waals surface area (Å²) in [6.07, 6.45) is 2.37. The maximum absolute atomic E-state index is 12.7. The van der Waals surface area contributed by atoms with E-state index in [-0.39, 0.29) is 18.2 Å². The van der Waals surface area contributed by atoms with E-state index in [0.29, 0.717) is 18.2 Å². The number of anilines is 1. The maximum atomic E-state index is 12.7. The van der Waals surface area contributed by atoms with E-state index in [4.69, 9.17) is 10.5 Å². The monoisotopic (exact) mass is 238 g/mol. The van der Waals surface area contributed by atoms with Gasteiger partial charge in [0.2, 0.25) is 0 Å². The first kappa shape index (κ1) is 11.7. The normalized spacial score (nSPS) is 14.4. The highest BCUT2D eigenvalue weighted by molar-refractivity contribution is 5.77. The average Bonchev–Trinajstić information content (AvgIpc) is 3.09. The van der Waals surface area contributed by atoms with Crippen molar-refractivity contribution >= 4 is 11.6 Å². The number of hydrogen-bond acceptors (Lipinski definition) is 3. The van der Waals surface area contributed by atoms with E-state index in [0.717, 1.165) is 6.07 Å². The number of nitrogens with one attached hydrogen (secondary N) is 1. The number of ether oxygens (including phenoxy) is 1. The molecule has 0 unspecified atom stereocenters. The second-order valence-corrected chi connectivity index (χ2v) is 4.22. The Morgan fingerprint density at radius 3 is 2.94 bits per heavy atom. The van der Waals surface area contributed by atoms with E-state index >= 15 is 0 Å².